The molecule has 0 aromatic heterocycles. The lowest BCUT2D eigenvalue weighted by Crippen LogP contribution is -2.08. The number of aromatic hydroxyl groups is 2. The van der Waals surface area contributed by atoms with Gasteiger partial charge in [-0.3, -0.25) is 20.0 Å². The van der Waals surface area contributed by atoms with Crippen LogP contribution < -0.4 is 9.47 Å². The molecule has 1 aliphatic rings. The summed E-state index contributed by atoms with van der Waals surface area (Å²) in [4.78, 5) is 20.2. The molecule has 0 spiro atoms. The van der Waals surface area contributed by atoms with E-state index in [2.05, 4.69) is 56.1 Å². The lowest BCUT2D eigenvalue weighted by atomic mass is 9.90. The fourth-order valence-electron chi connectivity index (χ4n) is 9.00. The number of fused-ring (bicyclic) bond motifs is 8. The first-order valence-electron chi connectivity index (χ1n) is 25.1. The van der Waals surface area contributed by atoms with Crippen LogP contribution in [0.15, 0.2) is 190 Å². The number of nitrogens with zero attached hydrogens (tertiary/aromatic N) is 4. The second-order valence-corrected chi connectivity index (χ2v) is 19.9. The van der Waals surface area contributed by atoms with Crippen molar-refractivity contribution in [2.75, 3.05) is 23.9 Å². The largest absolute Gasteiger partial charge is 0.507 e. The zero-order chi connectivity index (χ0) is 50.9. The minimum Gasteiger partial charge on any atom is -0.507 e. The summed E-state index contributed by atoms with van der Waals surface area (Å²) in [7, 11) is 0. The van der Waals surface area contributed by atoms with Gasteiger partial charge < -0.3 is 19.7 Å². The Bertz CT molecular complexity index is 2960. The maximum absolute atomic E-state index is 12.7. The van der Waals surface area contributed by atoms with E-state index in [1.165, 1.54) is 0 Å². The molecule has 0 atom stereocenters. The summed E-state index contributed by atoms with van der Waals surface area (Å²) in [6.45, 7) is 0.940. The number of rotatable bonds is 18. The molecular formula is C64H58Br2N4O4. The Morgan fingerprint density at radius 2 is 0.595 bits per heavy atom. The van der Waals surface area contributed by atoms with E-state index in [0.717, 1.165) is 80.9 Å². The Hall–Kier alpha value is -7.40. The van der Waals surface area contributed by atoms with Gasteiger partial charge in [0.05, 0.1) is 36.0 Å². The molecule has 9 rings (SSSR count). The molecule has 0 amide bonds. The Morgan fingerprint density at radius 1 is 0.351 bits per heavy atom. The molecule has 74 heavy (non-hydrogen) atoms. The lowest BCUT2D eigenvalue weighted by molar-refractivity contribution is 0.304. The summed E-state index contributed by atoms with van der Waals surface area (Å²) < 4.78 is 13.7. The molecule has 8 nitrogen and oxygen atoms in total. The van der Waals surface area contributed by atoms with E-state index in [1.807, 2.05) is 170 Å². The second-order valence-electron chi connectivity index (χ2n) is 18.3. The average Bonchev–Trinajstić information content (AvgIpc) is 3.43. The zero-order valence-corrected chi connectivity index (χ0v) is 44.4. The number of phenols is 2. The van der Waals surface area contributed by atoms with Gasteiger partial charge in [-0.2, -0.15) is 0 Å². The molecule has 0 heterocycles. The fourth-order valence-corrected chi connectivity index (χ4v) is 9.80. The Labute approximate surface area is 451 Å². The first-order valence-corrected chi connectivity index (χ1v) is 27.4. The van der Waals surface area contributed by atoms with Crippen LogP contribution in [0.5, 0.6) is 23.0 Å². The Kier molecular flexibility index (Phi) is 18.1. The smallest absolute Gasteiger partial charge is 0.126 e. The first-order chi connectivity index (χ1) is 36.4. The van der Waals surface area contributed by atoms with Crippen LogP contribution in [0.2, 0.25) is 0 Å². The molecule has 0 saturated carbocycles. The van der Waals surface area contributed by atoms with Crippen LogP contribution in [0.25, 0.3) is 0 Å². The summed E-state index contributed by atoms with van der Waals surface area (Å²) in [6.07, 6.45) is 12.1. The van der Waals surface area contributed by atoms with Gasteiger partial charge in [0.2, 0.25) is 0 Å². The lowest BCUT2D eigenvalue weighted by Gasteiger charge is -2.22. The summed E-state index contributed by atoms with van der Waals surface area (Å²) in [6, 6.07) is 56.1. The molecule has 2 N–H and O–H groups in total. The quantitative estimate of drug-likeness (QED) is 0.0507. The number of alkyl halides is 2. The van der Waals surface area contributed by atoms with E-state index in [9.17, 15) is 10.2 Å². The van der Waals surface area contributed by atoms with Crippen molar-refractivity contribution >= 4 is 79.5 Å². The van der Waals surface area contributed by atoms with E-state index < -0.39 is 0 Å². The number of aliphatic imine (C=N–C) groups is 4. The van der Waals surface area contributed by atoms with E-state index in [1.54, 1.807) is 0 Å². The highest BCUT2D eigenvalue weighted by Crippen LogP contribution is 2.43. The third-order valence-electron chi connectivity index (χ3n) is 12.7. The van der Waals surface area contributed by atoms with Crippen molar-refractivity contribution < 1.29 is 19.7 Å². The maximum atomic E-state index is 12.7. The Balaban J connectivity index is 1.29. The summed E-state index contributed by atoms with van der Waals surface area (Å²) in [5.74, 6) is 1.70. The van der Waals surface area contributed by atoms with Crippen molar-refractivity contribution in [2.45, 2.75) is 51.4 Å². The normalized spacial score (nSPS) is 12.6. The molecule has 8 aromatic rings. The van der Waals surface area contributed by atoms with Gasteiger partial charge >= 0.3 is 0 Å². The summed E-state index contributed by atoms with van der Waals surface area (Å²) >= 11 is 7.21. The molecule has 372 valence electrons. The van der Waals surface area contributed by atoms with E-state index in [-0.39, 0.29) is 11.5 Å². The van der Waals surface area contributed by atoms with Crippen molar-refractivity contribution in [3.05, 3.63) is 237 Å². The van der Waals surface area contributed by atoms with E-state index >= 15 is 0 Å². The highest BCUT2D eigenvalue weighted by Gasteiger charge is 2.23. The molecule has 8 bridgehead atoms. The Morgan fingerprint density at radius 3 is 0.838 bits per heavy atom. The van der Waals surface area contributed by atoms with Crippen molar-refractivity contribution in [3.63, 3.8) is 0 Å². The molecule has 0 aliphatic heterocycles. The predicted molar refractivity (Wildman–Crippen MR) is 312 cm³/mol. The zero-order valence-electron chi connectivity index (χ0n) is 41.2. The van der Waals surface area contributed by atoms with Gasteiger partial charge in [0.1, 0.15) is 23.0 Å². The predicted octanol–water partition coefficient (Wildman–Crippen LogP) is 15.9. The van der Waals surface area contributed by atoms with Gasteiger partial charge in [-0.15, -0.1) is 0 Å². The van der Waals surface area contributed by atoms with Gasteiger partial charge in [-0.25, -0.2) is 0 Å². The minimum atomic E-state index is 0.162. The number of hydrogen-bond acceptors (Lipinski definition) is 8. The molecule has 1 aliphatic carbocycles. The van der Waals surface area contributed by atoms with Gasteiger partial charge in [-0.05, 0) is 96.5 Å². The highest BCUT2D eigenvalue weighted by molar-refractivity contribution is 9.09. The molecule has 0 fully saturated rings. The number of phenolic OH excluding ortho intramolecular Hbond substituents is 2. The van der Waals surface area contributed by atoms with Crippen molar-refractivity contribution in [3.8, 4) is 23.0 Å². The molecule has 8 aromatic carbocycles. The molecule has 10 heteroatoms. The molecule has 0 saturated heterocycles. The van der Waals surface area contributed by atoms with E-state index in [0.29, 0.717) is 95.4 Å². The number of ether oxygens (including phenoxy) is 2. The van der Waals surface area contributed by atoms with Crippen LogP contribution in [0.3, 0.4) is 0 Å². The number of benzene rings is 8. The summed E-state index contributed by atoms with van der Waals surface area (Å²) in [5.41, 5.74) is 12.7. The number of halogens is 2. The summed E-state index contributed by atoms with van der Waals surface area (Å²) in [5, 5.41) is 27.1. The van der Waals surface area contributed by atoms with E-state index in [4.69, 9.17) is 29.4 Å². The molecule has 0 unspecified atom stereocenters. The van der Waals surface area contributed by atoms with Gasteiger partial charge in [0.25, 0.3) is 0 Å². The van der Waals surface area contributed by atoms with Gasteiger partial charge in [0, 0.05) is 106 Å². The second kappa shape index (κ2) is 26.0. The standard InChI is InChI=1S/C64H58Br2N4O4/c65-25-13-15-27-73-63-53-29-49-33-57(67-41-45-17-5-1-6-18-45)34-50(61(49)71)30-54-38-60(70-44-48-23-11-4-12-24-48)40-56(64(54)74-28-16-14-26-66)32-52-36-58(68-42-46-19-7-2-8-20-46)35-51(62(52)72)31-55(63)39-59(37-53)69-43-47-21-9-3-10-22-47/h1-12,17-24,33-44,71-72H,13-16,25-32H2/b67-41+,68-42+,69-43+,70-44+. The van der Waals surface area contributed by atoms with Crippen LogP contribution in [-0.2, 0) is 25.7 Å². The molecule has 0 radical (unpaired) electrons. The average molecular weight is 1110 g/mol. The third kappa shape index (κ3) is 14.0. The highest BCUT2D eigenvalue weighted by atomic mass is 79.9. The third-order valence-corrected chi connectivity index (χ3v) is 13.8. The number of unbranched alkanes of at least 4 members (excludes halogenated alkanes) is 2. The van der Waals surface area contributed by atoms with Crippen molar-refractivity contribution in [2.24, 2.45) is 20.0 Å². The SMILES string of the molecule is Oc1c2cc(/N=C/c3ccccc3)cc1Cc1cc(/N=C/c3ccccc3)cc(c1OCCCCBr)Cc1cc(/N=C/c3ccccc3)cc(c1O)Cc1cc(/N=C/c3ccccc3)cc(c1OCCCCBr)C2. The van der Waals surface area contributed by atoms with Crippen molar-refractivity contribution in [1.29, 1.82) is 0 Å². The van der Waals surface area contributed by atoms with Crippen LogP contribution in [0.1, 0.15) is 92.4 Å². The minimum absolute atomic E-state index is 0.162. The van der Waals surface area contributed by atoms with Crippen LogP contribution in [-0.4, -0.2) is 58.9 Å². The van der Waals surface area contributed by atoms with Crippen LogP contribution >= 0.6 is 31.9 Å². The molecular weight excluding hydrogens is 1050 g/mol. The van der Waals surface area contributed by atoms with Gasteiger partial charge in [-0.1, -0.05) is 153 Å². The first kappa shape index (κ1) is 51.5. The monoisotopic (exact) mass is 1100 g/mol. The van der Waals surface area contributed by atoms with Crippen molar-refractivity contribution in [1.82, 2.24) is 0 Å². The van der Waals surface area contributed by atoms with Gasteiger partial charge in [0.15, 0.2) is 0 Å². The van der Waals surface area contributed by atoms with Crippen LogP contribution in [0, 0.1) is 0 Å². The maximum Gasteiger partial charge on any atom is 0.126 e. The topological polar surface area (TPSA) is 108 Å². The fraction of sp³-hybridized carbons (Fsp3) is 0.188. The van der Waals surface area contributed by atoms with Crippen LogP contribution in [0.4, 0.5) is 22.7 Å². The number of hydrogen-bond donors (Lipinski definition) is 2.